The zero-order valence-electron chi connectivity index (χ0n) is 14.5. The van der Waals surface area contributed by atoms with E-state index in [0.717, 1.165) is 31.3 Å². The Labute approximate surface area is 138 Å². The molecule has 0 spiro atoms. The molecular weight excluding hydrogens is 288 g/mol. The first-order chi connectivity index (χ1) is 10.7. The monoisotopic (exact) mass is 316 g/mol. The predicted octanol–water partition coefficient (Wildman–Crippen LogP) is 4.39. The van der Waals surface area contributed by atoms with Crippen LogP contribution in [-0.4, -0.2) is 16.9 Å². The molecule has 0 amide bonds. The van der Waals surface area contributed by atoms with E-state index in [1.54, 1.807) is 0 Å². The minimum Gasteiger partial charge on any atom is -0.481 e. The maximum atomic E-state index is 12.8. The van der Waals surface area contributed by atoms with Crippen molar-refractivity contribution in [1.29, 1.82) is 0 Å². The number of allylic oxidation sites excluding steroid dienone is 3. The Morgan fingerprint density at radius 2 is 2.00 bits per heavy atom. The molecule has 0 heterocycles. The maximum Gasteiger partial charge on any atom is 0.309 e. The van der Waals surface area contributed by atoms with Gasteiger partial charge in [-0.15, -0.1) is 6.58 Å². The van der Waals surface area contributed by atoms with Gasteiger partial charge in [-0.25, -0.2) is 0 Å². The molecule has 0 aromatic carbocycles. The highest BCUT2D eigenvalue weighted by molar-refractivity contribution is 5.98. The fraction of sp³-hybridized carbons (Fsp3) is 0.700. The molecule has 3 aliphatic rings. The van der Waals surface area contributed by atoms with Crippen LogP contribution in [0.4, 0.5) is 0 Å². The van der Waals surface area contributed by atoms with Crippen LogP contribution in [0.3, 0.4) is 0 Å². The normalized spacial score (nSPS) is 46.4. The lowest BCUT2D eigenvalue weighted by molar-refractivity contribution is -0.165. The Hall–Kier alpha value is -1.38. The summed E-state index contributed by atoms with van der Waals surface area (Å²) in [6, 6.07) is 0. The Bertz CT molecular complexity index is 604. The van der Waals surface area contributed by atoms with Crippen molar-refractivity contribution in [2.45, 2.75) is 59.3 Å². The summed E-state index contributed by atoms with van der Waals surface area (Å²) < 4.78 is 0. The zero-order valence-corrected chi connectivity index (χ0v) is 14.5. The fourth-order valence-electron chi connectivity index (χ4n) is 5.61. The van der Waals surface area contributed by atoms with E-state index in [0.29, 0.717) is 12.8 Å². The van der Waals surface area contributed by atoms with Crippen LogP contribution in [0.15, 0.2) is 24.3 Å². The fourth-order valence-corrected chi connectivity index (χ4v) is 5.61. The van der Waals surface area contributed by atoms with Gasteiger partial charge in [0.25, 0.3) is 0 Å². The van der Waals surface area contributed by atoms with Gasteiger partial charge in [0.1, 0.15) is 0 Å². The molecule has 126 valence electrons. The third-order valence-electron chi connectivity index (χ3n) is 7.27. The van der Waals surface area contributed by atoms with E-state index in [4.69, 9.17) is 0 Å². The van der Waals surface area contributed by atoms with E-state index in [1.807, 2.05) is 13.0 Å². The van der Waals surface area contributed by atoms with Crippen LogP contribution < -0.4 is 0 Å². The average molecular weight is 316 g/mol. The van der Waals surface area contributed by atoms with Gasteiger partial charge < -0.3 is 5.11 Å². The van der Waals surface area contributed by atoms with Gasteiger partial charge in [-0.1, -0.05) is 32.4 Å². The van der Waals surface area contributed by atoms with Crippen molar-refractivity contribution in [2.24, 2.45) is 28.1 Å². The van der Waals surface area contributed by atoms with Crippen molar-refractivity contribution in [3.05, 3.63) is 24.3 Å². The molecular formula is C20H28O3. The van der Waals surface area contributed by atoms with Crippen LogP contribution in [-0.2, 0) is 9.59 Å². The molecule has 0 aromatic rings. The highest BCUT2D eigenvalue weighted by Gasteiger charge is 2.60. The van der Waals surface area contributed by atoms with Crippen LogP contribution in [0.1, 0.15) is 59.3 Å². The molecule has 0 aliphatic heterocycles. The summed E-state index contributed by atoms with van der Waals surface area (Å²) in [4.78, 5) is 24.8. The lowest BCUT2D eigenvalue weighted by Crippen LogP contribution is -2.56. The summed E-state index contributed by atoms with van der Waals surface area (Å²) in [7, 11) is 0. The Morgan fingerprint density at radius 1 is 1.30 bits per heavy atom. The summed E-state index contributed by atoms with van der Waals surface area (Å²) in [5, 5.41) is 9.82. The van der Waals surface area contributed by atoms with Gasteiger partial charge in [-0.05, 0) is 55.4 Å². The first-order valence-electron chi connectivity index (χ1n) is 8.79. The second-order valence-electron chi connectivity index (χ2n) is 8.66. The number of carboxylic acids is 1. The third-order valence-corrected chi connectivity index (χ3v) is 7.27. The lowest BCUT2D eigenvalue weighted by Gasteiger charge is -2.58. The maximum absolute atomic E-state index is 12.8. The van der Waals surface area contributed by atoms with Crippen molar-refractivity contribution < 1.29 is 14.7 Å². The molecule has 3 heteroatoms. The van der Waals surface area contributed by atoms with Gasteiger partial charge in [0.15, 0.2) is 5.78 Å². The predicted molar refractivity (Wildman–Crippen MR) is 89.9 cm³/mol. The van der Waals surface area contributed by atoms with E-state index >= 15 is 0 Å². The number of carboxylic acid groups (broad SMARTS) is 1. The Balaban J connectivity index is 2.07. The molecule has 2 fully saturated rings. The minimum atomic E-state index is -0.770. The van der Waals surface area contributed by atoms with Gasteiger partial charge >= 0.3 is 5.97 Å². The van der Waals surface area contributed by atoms with E-state index in [9.17, 15) is 14.7 Å². The molecule has 0 bridgehead atoms. The first kappa shape index (κ1) is 16.5. The highest BCUT2D eigenvalue weighted by Crippen LogP contribution is 2.63. The second-order valence-corrected chi connectivity index (χ2v) is 8.66. The van der Waals surface area contributed by atoms with Crippen molar-refractivity contribution in [3.63, 3.8) is 0 Å². The number of aliphatic carboxylic acids is 1. The number of hydrogen-bond acceptors (Lipinski definition) is 2. The molecule has 0 aromatic heterocycles. The van der Waals surface area contributed by atoms with Crippen LogP contribution in [0.5, 0.6) is 0 Å². The standard InChI is InChI=1S/C20H28O3/c1-5-18(2)10-7-14-13(12-18)15(21)11-16-19(14,3)8-6-9-20(16,4)17(22)23/h5,12,14,16H,1,6-11H2,2-4H3,(H,22,23)/t14-,16+,18+,19+,20-/m0/s1. The topological polar surface area (TPSA) is 54.4 Å². The van der Waals surface area contributed by atoms with Crippen molar-refractivity contribution in [1.82, 2.24) is 0 Å². The molecule has 0 saturated heterocycles. The molecule has 5 atom stereocenters. The van der Waals surface area contributed by atoms with Crippen LogP contribution in [0, 0.1) is 28.1 Å². The Kier molecular flexibility index (Phi) is 3.62. The second kappa shape index (κ2) is 5.06. The van der Waals surface area contributed by atoms with Crippen LogP contribution in [0.25, 0.3) is 0 Å². The van der Waals surface area contributed by atoms with Gasteiger partial charge in [-0.2, -0.15) is 0 Å². The molecule has 0 radical (unpaired) electrons. The number of carbonyl (C=O) groups excluding carboxylic acids is 1. The van der Waals surface area contributed by atoms with Crippen molar-refractivity contribution in [2.75, 3.05) is 0 Å². The summed E-state index contributed by atoms with van der Waals surface area (Å²) in [5.74, 6) is -0.412. The number of ketones is 1. The van der Waals surface area contributed by atoms with E-state index < -0.39 is 11.4 Å². The molecule has 2 saturated carbocycles. The zero-order chi connectivity index (χ0) is 17.0. The molecule has 0 unspecified atom stereocenters. The smallest absolute Gasteiger partial charge is 0.309 e. The summed E-state index contributed by atoms with van der Waals surface area (Å²) in [6.07, 6.45) is 9.06. The number of hydrogen-bond donors (Lipinski definition) is 1. The number of rotatable bonds is 2. The summed E-state index contributed by atoms with van der Waals surface area (Å²) >= 11 is 0. The number of fused-ring (bicyclic) bond motifs is 3. The largest absolute Gasteiger partial charge is 0.481 e. The van der Waals surface area contributed by atoms with Crippen LogP contribution >= 0.6 is 0 Å². The molecule has 23 heavy (non-hydrogen) atoms. The van der Waals surface area contributed by atoms with Crippen LogP contribution in [0.2, 0.25) is 0 Å². The van der Waals surface area contributed by atoms with Gasteiger partial charge in [0.05, 0.1) is 5.41 Å². The SMILES string of the molecule is C=C[C@@]1(C)C=C2C(=O)C[C@@H]3[C@](C)(CCC[C@]3(C)C(=O)O)[C@H]2CC1. The molecule has 3 aliphatic carbocycles. The number of Topliss-reactive ketones (excluding diaryl/α,β-unsaturated/α-hetero) is 1. The van der Waals surface area contributed by atoms with Gasteiger partial charge in [0, 0.05) is 11.8 Å². The quantitative estimate of drug-likeness (QED) is 0.769. The van der Waals surface area contributed by atoms with E-state index in [1.165, 1.54) is 0 Å². The third kappa shape index (κ3) is 2.23. The minimum absolute atomic E-state index is 0.0519. The first-order valence-corrected chi connectivity index (χ1v) is 8.79. The van der Waals surface area contributed by atoms with Gasteiger partial charge in [-0.3, -0.25) is 9.59 Å². The Morgan fingerprint density at radius 3 is 2.61 bits per heavy atom. The average Bonchev–Trinajstić information content (AvgIpc) is 2.50. The summed E-state index contributed by atoms with van der Waals surface area (Å²) in [6.45, 7) is 10.2. The highest BCUT2D eigenvalue weighted by atomic mass is 16.4. The van der Waals surface area contributed by atoms with Gasteiger partial charge in [0.2, 0.25) is 0 Å². The lowest BCUT2D eigenvalue weighted by atomic mass is 9.45. The molecule has 1 N–H and O–H groups in total. The van der Waals surface area contributed by atoms with E-state index in [-0.39, 0.29) is 28.4 Å². The molecule has 3 rings (SSSR count). The van der Waals surface area contributed by atoms with Crippen molar-refractivity contribution in [3.8, 4) is 0 Å². The number of carbonyl (C=O) groups is 2. The van der Waals surface area contributed by atoms with E-state index in [2.05, 4.69) is 26.5 Å². The molecule has 3 nitrogen and oxygen atoms in total. The van der Waals surface area contributed by atoms with Crippen molar-refractivity contribution >= 4 is 11.8 Å². The summed E-state index contributed by atoms with van der Waals surface area (Å²) in [5.41, 5.74) is 0.00301.